The Morgan fingerprint density at radius 1 is 1.14 bits per heavy atom. The largest absolute Gasteiger partial charge is 0.416 e. The summed E-state index contributed by atoms with van der Waals surface area (Å²) in [5, 5.41) is 11.4. The van der Waals surface area contributed by atoms with E-state index in [0.717, 1.165) is 0 Å². The molecule has 0 saturated carbocycles. The molecule has 110 valence electrons. The maximum atomic E-state index is 13.6. The lowest BCUT2D eigenvalue weighted by Gasteiger charge is -2.11. The topological polar surface area (TPSA) is 20.2 Å². The summed E-state index contributed by atoms with van der Waals surface area (Å²) < 4.78 is 64.4. The van der Waals surface area contributed by atoms with E-state index in [2.05, 4.69) is 11.8 Å². The molecule has 1 aromatic heterocycles. The van der Waals surface area contributed by atoms with Gasteiger partial charge in [0.25, 0.3) is 0 Å². The number of halogens is 5. The molecule has 0 aliphatic heterocycles. The summed E-state index contributed by atoms with van der Waals surface area (Å²) >= 11 is 1.25. The van der Waals surface area contributed by atoms with E-state index < -0.39 is 35.0 Å². The van der Waals surface area contributed by atoms with E-state index >= 15 is 0 Å². The van der Waals surface area contributed by atoms with Gasteiger partial charge >= 0.3 is 6.18 Å². The predicted octanol–water partition coefficient (Wildman–Crippen LogP) is 4.13. The SMILES string of the molecule is OC(C#Cc1cccs1)c1c(F)cc(C(F)(F)F)cc1F. The van der Waals surface area contributed by atoms with Crippen molar-refractivity contribution in [2.24, 2.45) is 0 Å². The molecule has 1 heterocycles. The Morgan fingerprint density at radius 3 is 2.24 bits per heavy atom. The van der Waals surface area contributed by atoms with Crippen LogP contribution in [-0.4, -0.2) is 5.11 Å². The fraction of sp³-hybridized carbons (Fsp3) is 0.143. The second-order valence-corrected chi connectivity index (χ2v) is 4.95. The van der Waals surface area contributed by atoms with E-state index in [1.54, 1.807) is 17.5 Å². The van der Waals surface area contributed by atoms with Gasteiger partial charge in [0.05, 0.1) is 16.0 Å². The Balaban J connectivity index is 2.36. The van der Waals surface area contributed by atoms with E-state index in [1.165, 1.54) is 11.3 Å². The molecule has 0 saturated heterocycles. The van der Waals surface area contributed by atoms with Gasteiger partial charge in [0.1, 0.15) is 17.7 Å². The minimum Gasteiger partial charge on any atom is -0.376 e. The third-order valence-electron chi connectivity index (χ3n) is 2.53. The zero-order chi connectivity index (χ0) is 15.6. The van der Waals surface area contributed by atoms with Crippen molar-refractivity contribution in [2.75, 3.05) is 0 Å². The Morgan fingerprint density at radius 2 is 1.76 bits per heavy atom. The zero-order valence-corrected chi connectivity index (χ0v) is 11.0. The molecule has 1 unspecified atom stereocenters. The highest BCUT2D eigenvalue weighted by molar-refractivity contribution is 7.10. The molecule has 1 atom stereocenters. The number of aliphatic hydroxyl groups is 1. The van der Waals surface area contributed by atoms with Crippen molar-refractivity contribution >= 4 is 11.3 Å². The molecule has 0 aliphatic rings. The fourth-order valence-corrected chi connectivity index (χ4v) is 2.15. The Kier molecular flexibility index (Phi) is 4.30. The van der Waals surface area contributed by atoms with Crippen LogP contribution in [0.25, 0.3) is 0 Å². The van der Waals surface area contributed by atoms with Gasteiger partial charge in [-0.15, -0.1) is 11.3 Å². The standard InChI is InChI=1S/C14H7F5OS/c15-10-6-8(14(17,18)19)7-11(16)13(10)12(20)4-3-9-2-1-5-21-9/h1-2,5-7,12,20H. The zero-order valence-electron chi connectivity index (χ0n) is 10.2. The van der Waals surface area contributed by atoms with E-state index in [4.69, 9.17) is 0 Å². The maximum Gasteiger partial charge on any atom is 0.416 e. The van der Waals surface area contributed by atoms with Crippen LogP contribution in [0.1, 0.15) is 22.1 Å². The highest BCUT2D eigenvalue weighted by Gasteiger charge is 2.33. The Bertz CT molecular complexity index is 671. The van der Waals surface area contributed by atoms with E-state index in [9.17, 15) is 27.1 Å². The summed E-state index contributed by atoms with van der Waals surface area (Å²) in [5.74, 6) is 1.70. The van der Waals surface area contributed by atoms with Crippen LogP contribution in [0, 0.1) is 23.5 Å². The van der Waals surface area contributed by atoms with Crippen LogP contribution in [0.5, 0.6) is 0 Å². The van der Waals surface area contributed by atoms with Gasteiger partial charge < -0.3 is 5.11 Å². The van der Waals surface area contributed by atoms with Crippen molar-refractivity contribution in [3.05, 3.63) is 57.3 Å². The monoisotopic (exact) mass is 318 g/mol. The molecule has 2 aromatic rings. The molecule has 1 N–H and O–H groups in total. The maximum absolute atomic E-state index is 13.6. The Hall–Kier alpha value is -1.91. The smallest absolute Gasteiger partial charge is 0.376 e. The van der Waals surface area contributed by atoms with Crippen molar-refractivity contribution in [1.82, 2.24) is 0 Å². The van der Waals surface area contributed by atoms with Crippen molar-refractivity contribution in [3.8, 4) is 11.8 Å². The fourth-order valence-electron chi connectivity index (χ4n) is 1.57. The van der Waals surface area contributed by atoms with Crippen LogP contribution in [0.3, 0.4) is 0 Å². The lowest BCUT2D eigenvalue weighted by Crippen LogP contribution is -2.10. The molecule has 2 rings (SSSR count). The van der Waals surface area contributed by atoms with Gasteiger partial charge in [-0.3, -0.25) is 0 Å². The van der Waals surface area contributed by atoms with Gasteiger partial charge in [-0.05, 0) is 23.6 Å². The van der Waals surface area contributed by atoms with E-state index in [-0.39, 0.29) is 12.1 Å². The van der Waals surface area contributed by atoms with Crippen molar-refractivity contribution in [2.45, 2.75) is 12.3 Å². The quantitative estimate of drug-likeness (QED) is 0.619. The highest BCUT2D eigenvalue weighted by atomic mass is 32.1. The van der Waals surface area contributed by atoms with Crippen molar-refractivity contribution < 1.29 is 27.1 Å². The van der Waals surface area contributed by atoms with Crippen LogP contribution in [0.2, 0.25) is 0 Å². The van der Waals surface area contributed by atoms with Crippen molar-refractivity contribution in [1.29, 1.82) is 0 Å². The highest BCUT2D eigenvalue weighted by Crippen LogP contribution is 2.32. The first-order valence-electron chi connectivity index (χ1n) is 5.58. The van der Waals surface area contributed by atoms with Gasteiger partial charge in [-0.25, -0.2) is 8.78 Å². The van der Waals surface area contributed by atoms with Crippen LogP contribution in [0.4, 0.5) is 22.0 Å². The minimum atomic E-state index is -4.87. The first-order valence-corrected chi connectivity index (χ1v) is 6.46. The van der Waals surface area contributed by atoms with Crippen LogP contribution in [-0.2, 0) is 6.18 Å². The number of aliphatic hydroxyl groups excluding tert-OH is 1. The lowest BCUT2D eigenvalue weighted by atomic mass is 10.0. The van der Waals surface area contributed by atoms with E-state index in [1.807, 2.05) is 0 Å². The van der Waals surface area contributed by atoms with Gasteiger partial charge in [0, 0.05) is 0 Å². The molecule has 7 heteroatoms. The minimum absolute atomic E-state index is 0.133. The van der Waals surface area contributed by atoms with Crippen LogP contribution < -0.4 is 0 Å². The summed E-state index contributed by atoms with van der Waals surface area (Å²) in [7, 11) is 0. The first kappa shape index (κ1) is 15.5. The third kappa shape index (κ3) is 3.60. The normalized spacial score (nSPS) is 12.7. The third-order valence-corrected chi connectivity index (χ3v) is 3.32. The van der Waals surface area contributed by atoms with Crippen molar-refractivity contribution in [3.63, 3.8) is 0 Å². The predicted molar refractivity (Wildman–Crippen MR) is 67.5 cm³/mol. The van der Waals surface area contributed by atoms with E-state index in [0.29, 0.717) is 4.88 Å². The Labute approximate surface area is 120 Å². The van der Waals surface area contributed by atoms with Gasteiger partial charge in [0.2, 0.25) is 0 Å². The molecular formula is C14H7F5OS. The molecule has 1 aromatic carbocycles. The number of rotatable bonds is 1. The average molecular weight is 318 g/mol. The number of thiophene rings is 1. The summed E-state index contributed by atoms with van der Waals surface area (Å²) in [4.78, 5) is 0.557. The summed E-state index contributed by atoms with van der Waals surface area (Å²) in [5.41, 5.74) is -2.35. The summed E-state index contributed by atoms with van der Waals surface area (Å²) in [6.45, 7) is 0. The number of benzene rings is 1. The first-order chi connectivity index (χ1) is 9.79. The second kappa shape index (κ2) is 5.84. The van der Waals surface area contributed by atoms with Gasteiger partial charge in [0.15, 0.2) is 0 Å². The number of hydrogen-bond acceptors (Lipinski definition) is 2. The molecule has 0 bridgehead atoms. The lowest BCUT2D eigenvalue weighted by molar-refractivity contribution is -0.138. The second-order valence-electron chi connectivity index (χ2n) is 4.00. The summed E-state index contributed by atoms with van der Waals surface area (Å²) in [6, 6.07) is 3.59. The van der Waals surface area contributed by atoms with Gasteiger partial charge in [-0.2, -0.15) is 13.2 Å². The molecule has 0 spiro atoms. The van der Waals surface area contributed by atoms with Crippen LogP contribution in [0.15, 0.2) is 29.6 Å². The average Bonchev–Trinajstić information content (AvgIpc) is 2.87. The molecule has 0 fully saturated rings. The van der Waals surface area contributed by atoms with Gasteiger partial charge in [-0.1, -0.05) is 17.9 Å². The number of alkyl halides is 3. The molecule has 1 nitrogen and oxygen atoms in total. The molecule has 0 amide bonds. The van der Waals surface area contributed by atoms with Crippen LogP contribution >= 0.6 is 11.3 Å². The summed E-state index contributed by atoms with van der Waals surface area (Å²) in [6.07, 6.45) is -6.72. The molecule has 0 radical (unpaired) electrons. The number of hydrogen-bond donors (Lipinski definition) is 1. The molecule has 21 heavy (non-hydrogen) atoms. The molecule has 0 aliphatic carbocycles. The molecular weight excluding hydrogens is 311 g/mol.